The van der Waals surface area contributed by atoms with E-state index in [9.17, 15) is 9.59 Å². The second-order valence-corrected chi connectivity index (χ2v) is 11.3. The summed E-state index contributed by atoms with van der Waals surface area (Å²) < 4.78 is 5.39. The normalized spacial score (nSPS) is 30.8. The molecular weight excluding hydrogens is 422 g/mol. The Bertz CT molecular complexity index is 819. The summed E-state index contributed by atoms with van der Waals surface area (Å²) in [6.07, 6.45) is 7.33. The summed E-state index contributed by atoms with van der Waals surface area (Å²) in [7, 11) is 0. The highest BCUT2D eigenvalue weighted by Crippen LogP contribution is 2.44. The maximum atomic E-state index is 13.6. The molecule has 4 fully saturated rings. The minimum Gasteiger partial charge on any atom is -0.378 e. The topological polar surface area (TPSA) is 53.1 Å². The number of carbonyl (C=O) groups excluding carboxylic acids is 2. The first kappa shape index (κ1) is 22.4. The summed E-state index contributed by atoms with van der Waals surface area (Å²) in [6.45, 7) is 8.13. The van der Waals surface area contributed by atoms with Crippen molar-refractivity contribution in [1.82, 2.24) is 14.7 Å². The zero-order valence-electron chi connectivity index (χ0n) is 19.3. The van der Waals surface area contributed by atoms with Gasteiger partial charge in [-0.25, -0.2) is 0 Å². The Morgan fingerprint density at radius 2 is 1.88 bits per heavy atom. The molecule has 0 saturated carbocycles. The molecule has 5 heterocycles. The van der Waals surface area contributed by atoms with Gasteiger partial charge in [0, 0.05) is 43.0 Å². The fraction of sp³-hybridized carbons (Fsp3) is 0.760. The third kappa shape index (κ3) is 4.48. The predicted octanol–water partition coefficient (Wildman–Crippen LogP) is 3.40. The van der Waals surface area contributed by atoms with Gasteiger partial charge in [-0.3, -0.25) is 14.5 Å². The second-order valence-electron chi connectivity index (χ2n) is 10.1. The van der Waals surface area contributed by atoms with E-state index in [2.05, 4.69) is 22.8 Å². The van der Waals surface area contributed by atoms with E-state index in [0.29, 0.717) is 50.6 Å². The van der Waals surface area contributed by atoms with Gasteiger partial charge >= 0.3 is 0 Å². The Balaban J connectivity index is 1.32. The number of hydrogen-bond donors (Lipinski definition) is 0. The first-order chi connectivity index (χ1) is 15.6. The number of ether oxygens (including phenoxy) is 1. The number of carbonyl (C=O) groups is 2. The van der Waals surface area contributed by atoms with E-state index in [1.807, 2.05) is 11.0 Å². The van der Waals surface area contributed by atoms with E-state index in [0.717, 1.165) is 24.3 Å². The maximum Gasteiger partial charge on any atom is 0.264 e. The van der Waals surface area contributed by atoms with Gasteiger partial charge in [0.05, 0.1) is 18.1 Å². The molecule has 32 heavy (non-hydrogen) atoms. The Hall–Kier alpha value is -1.44. The molecule has 6 nitrogen and oxygen atoms in total. The number of likely N-dealkylation sites (tertiary alicyclic amines) is 1. The quantitative estimate of drug-likeness (QED) is 0.677. The number of rotatable bonds is 5. The Morgan fingerprint density at radius 1 is 1.09 bits per heavy atom. The van der Waals surface area contributed by atoms with Crippen LogP contribution in [0.1, 0.15) is 59.5 Å². The van der Waals surface area contributed by atoms with Crippen molar-refractivity contribution in [3.05, 3.63) is 21.9 Å². The molecule has 176 valence electrons. The van der Waals surface area contributed by atoms with Crippen molar-refractivity contribution in [2.45, 2.75) is 64.0 Å². The van der Waals surface area contributed by atoms with Crippen LogP contribution in [0.2, 0.25) is 0 Å². The molecule has 7 heteroatoms. The number of aryl methyl sites for hydroxylation is 1. The van der Waals surface area contributed by atoms with Gasteiger partial charge in [-0.1, -0.05) is 0 Å². The highest BCUT2D eigenvalue weighted by molar-refractivity contribution is 7.13. The molecule has 0 radical (unpaired) electrons. The summed E-state index contributed by atoms with van der Waals surface area (Å²) in [5.74, 6) is 1.61. The first-order valence-electron chi connectivity index (χ1n) is 12.6. The van der Waals surface area contributed by atoms with Crippen LogP contribution in [0.5, 0.6) is 0 Å². The summed E-state index contributed by atoms with van der Waals surface area (Å²) in [6, 6.07) is 4.95. The Labute approximate surface area is 195 Å². The van der Waals surface area contributed by atoms with Gasteiger partial charge in [-0.15, -0.1) is 11.3 Å². The smallest absolute Gasteiger partial charge is 0.264 e. The van der Waals surface area contributed by atoms with Crippen molar-refractivity contribution in [3.8, 4) is 0 Å². The predicted molar refractivity (Wildman–Crippen MR) is 126 cm³/mol. The molecule has 4 aliphatic rings. The number of nitrogens with zero attached hydrogens (tertiary/aromatic N) is 3. The van der Waals surface area contributed by atoms with Crippen molar-refractivity contribution in [3.63, 3.8) is 0 Å². The van der Waals surface area contributed by atoms with Crippen LogP contribution < -0.4 is 0 Å². The van der Waals surface area contributed by atoms with Crippen molar-refractivity contribution in [2.24, 2.45) is 11.8 Å². The van der Waals surface area contributed by atoms with Gasteiger partial charge in [-0.2, -0.15) is 0 Å². The maximum absolute atomic E-state index is 13.6. The molecule has 0 aromatic carbocycles. The van der Waals surface area contributed by atoms with Crippen LogP contribution in [-0.2, 0) is 9.53 Å². The largest absolute Gasteiger partial charge is 0.378 e. The van der Waals surface area contributed by atoms with E-state index >= 15 is 0 Å². The van der Waals surface area contributed by atoms with Crippen LogP contribution >= 0.6 is 11.3 Å². The molecule has 4 saturated heterocycles. The van der Waals surface area contributed by atoms with Crippen LogP contribution in [0.15, 0.2) is 12.1 Å². The fourth-order valence-corrected chi connectivity index (χ4v) is 7.55. The zero-order chi connectivity index (χ0) is 22.1. The van der Waals surface area contributed by atoms with Gasteiger partial charge in [0.25, 0.3) is 5.91 Å². The molecule has 0 bridgehead atoms. The van der Waals surface area contributed by atoms with Crippen LogP contribution in [-0.4, -0.2) is 84.5 Å². The van der Waals surface area contributed by atoms with E-state index in [4.69, 9.17) is 4.74 Å². The second kappa shape index (κ2) is 9.82. The molecule has 0 aliphatic carbocycles. The van der Waals surface area contributed by atoms with Crippen LogP contribution in [0.25, 0.3) is 0 Å². The summed E-state index contributed by atoms with van der Waals surface area (Å²) >= 11 is 1.62. The number of morpholine rings is 1. The average molecular weight is 460 g/mol. The first-order valence-corrected chi connectivity index (χ1v) is 13.4. The van der Waals surface area contributed by atoms with Crippen molar-refractivity contribution in [2.75, 3.05) is 45.9 Å². The lowest BCUT2D eigenvalue weighted by Gasteiger charge is -2.57. The summed E-state index contributed by atoms with van der Waals surface area (Å²) in [5, 5.41) is 0. The van der Waals surface area contributed by atoms with Gasteiger partial charge < -0.3 is 14.5 Å². The van der Waals surface area contributed by atoms with Gasteiger partial charge in [0.2, 0.25) is 5.91 Å². The van der Waals surface area contributed by atoms with E-state index in [1.165, 1.54) is 43.6 Å². The molecule has 1 aromatic rings. The van der Waals surface area contributed by atoms with Gasteiger partial charge in [0.15, 0.2) is 0 Å². The van der Waals surface area contributed by atoms with E-state index in [1.54, 1.807) is 11.3 Å². The lowest BCUT2D eigenvalue weighted by atomic mass is 9.69. The zero-order valence-corrected chi connectivity index (χ0v) is 20.2. The Kier molecular flexibility index (Phi) is 6.86. The molecule has 2 amide bonds. The minimum absolute atomic E-state index is 0.216. The van der Waals surface area contributed by atoms with Gasteiger partial charge in [-0.05, 0) is 82.5 Å². The van der Waals surface area contributed by atoms with E-state index in [-0.39, 0.29) is 17.9 Å². The van der Waals surface area contributed by atoms with Crippen molar-refractivity contribution in [1.29, 1.82) is 0 Å². The lowest BCUT2D eigenvalue weighted by molar-refractivity contribution is -0.135. The summed E-state index contributed by atoms with van der Waals surface area (Å²) in [4.78, 5) is 35.3. The summed E-state index contributed by atoms with van der Waals surface area (Å²) in [5.41, 5.74) is 0. The van der Waals surface area contributed by atoms with E-state index < -0.39 is 0 Å². The lowest BCUT2D eigenvalue weighted by Crippen LogP contribution is -2.65. The SMILES string of the molecule is Cc1ccc(C(=O)N2C[C@@H]3CCCN4CCC[C@@H]([C@H]34)[C@H]2CCCC(=O)N2CCOCC2)s1. The van der Waals surface area contributed by atoms with Crippen molar-refractivity contribution < 1.29 is 14.3 Å². The molecule has 0 unspecified atom stereocenters. The molecule has 0 N–H and O–H groups in total. The number of piperidine rings is 3. The molecule has 4 aliphatic heterocycles. The van der Waals surface area contributed by atoms with Crippen LogP contribution in [0.4, 0.5) is 0 Å². The molecular formula is C25H37N3O3S. The molecule has 1 aromatic heterocycles. The highest BCUT2D eigenvalue weighted by Gasteiger charge is 2.49. The highest BCUT2D eigenvalue weighted by atomic mass is 32.1. The number of hydrogen-bond acceptors (Lipinski definition) is 5. The van der Waals surface area contributed by atoms with Crippen LogP contribution in [0.3, 0.4) is 0 Å². The number of thiophene rings is 1. The number of amides is 2. The molecule has 4 atom stereocenters. The third-order valence-corrected chi connectivity index (χ3v) is 9.13. The molecule has 5 rings (SSSR count). The third-order valence-electron chi connectivity index (χ3n) is 8.14. The monoisotopic (exact) mass is 459 g/mol. The van der Waals surface area contributed by atoms with Gasteiger partial charge in [0.1, 0.15) is 0 Å². The minimum atomic E-state index is 0.216. The average Bonchev–Trinajstić information content (AvgIpc) is 3.26. The molecule has 0 spiro atoms. The van der Waals surface area contributed by atoms with Crippen LogP contribution in [0, 0.1) is 18.8 Å². The Morgan fingerprint density at radius 3 is 2.62 bits per heavy atom. The fourth-order valence-electron chi connectivity index (χ4n) is 6.72. The standard InChI is InChI=1S/C25H37N3O3S/c1-18-9-10-22(32-18)25(30)28-17-19-5-3-11-27-12-4-6-20(24(19)27)21(28)7-2-8-23(29)26-13-15-31-16-14-26/h9-10,19-21,24H,2-8,11-17H2,1H3/t19-,20+,21+,24-/m0/s1. The van der Waals surface area contributed by atoms with Crippen molar-refractivity contribution >= 4 is 23.2 Å².